The standard InChI is InChI=1S/C31H34N6O5.C23H22N4O3.C20H20N6O2/c1-39-28-17-23(3-4-26(28)31(38)37-12-10-36(11-13-37)24-19-41-20-24)34-29-6-9-33-30(35-29)21-2-5-27(22(16-21)18-32)42-25-7-14-40-15-8-25;1-28-19-5-3-18(4-6-19)26-22-8-11-25-23(27-22)16-2-7-21(17(14-16)15-24)30-20-9-12-29-13-10-20;1-26-19(5-9-23-26)24-18-4-8-22-20(25-18)14-2-3-17(15(12-14)13-21)28-16-6-10-27-11-7-16/h2-6,9,16-17,24-25H,7-8,10-15,19-20H2,1H3,(H,33,34,35);2-8,11,14,20H,9-10,12-13H2,1H3,(H,25,26,27);2-5,8-9,12,16H,6-7,10-11H2,1H3,(H,22,24,25). The van der Waals surface area contributed by atoms with Gasteiger partial charge in [0.05, 0.1) is 102 Å². The molecule has 5 aromatic carbocycles. The quantitative estimate of drug-likeness (QED) is 0.0677. The van der Waals surface area contributed by atoms with Crippen LogP contribution in [0.5, 0.6) is 28.7 Å². The van der Waals surface area contributed by atoms with Gasteiger partial charge in [0.25, 0.3) is 5.91 Å². The molecule has 14 rings (SSSR count). The Morgan fingerprint density at radius 2 is 0.920 bits per heavy atom. The number of amides is 1. The number of nitrogens with one attached hydrogen (secondary N) is 3. The van der Waals surface area contributed by atoms with E-state index in [4.69, 9.17) is 42.6 Å². The van der Waals surface area contributed by atoms with Crippen molar-refractivity contribution in [2.24, 2.45) is 7.05 Å². The zero-order valence-corrected chi connectivity index (χ0v) is 55.8. The first-order chi connectivity index (χ1) is 49.1. The minimum atomic E-state index is -0.0372. The molecule has 0 saturated carbocycles. The maximum Gasteiger partial charge on any atom is 0.257 e. The van der Waals surface area contributed by atoms with E-state index in [1.54, 1.807) is 98.3 Å². The fraction of sp³-hybridized carbons (Fsp3) is 0.338. The highest BCUT2D eigenvalue weighted by Gasteiger charge is 2.32. The fourth-order valence-electron chi connectivity index (χ4n) is 11.6. The van der Waals surface area contributed by atoms with Crippen LogP contribution in [0.25, 0.3) is 34.2 Å². The van der Waals surface area contributed by atoms with Crippen molar-refractivity contribution >= 4 is 40.6 Å². The highest BCUT2D eigenvalue weighted by Crippen LogP contribution is 2.33. The van der Waals surface area contributed by atoms with Gasteiger partial charge in [-0.15, -0.1) is 0 Å². The molecule has 9 heterocycles. The predicted octanol–water partition coefficient (Wildman–Crippen LogP) is 10.9. The molecule has 5 saturated heterocycles. The highest BCUT2D eigenvalue weighted by molar-refractivity contribution is 5.97. The largest absolute Gasteiger partial charge is 0.497 e. The van der Waals surface area contributed by atoms with E-state index >= 15 is 0 Å². The van der Waals surface area contributed by atoms with Gasteiger partial charge in [0.1, 0.15) is 88.5 Å². The second-order valence-corrected chi connectivity index (χ2v) is 23.9. The second kappa shape index (κ2) is 33.8. The Bertz CT molecular complexity index is 4380. The van der Waals surface area contributed by atoms with E-state index in [0.29, 0.717) is 145 Å². The van der Waals surface area contributed by atoms with Crippen LogP contribution in [0.4, 0.5) is 34.6 Å². The van der Waals surface area contributed by atoms with Gasteiger partial charge in [0, 0.05) is 131 Å². The molecule has 100 heavy (non-hydrogen) atoms. The van der Waals surface area contributed by atoms with E-state index in [9.17, 15) is 20.6 Å². The molecular formula is C74H76N16O10. The number of aryl methyl sites for hydroxylation is 1. The highest BCUT2D eigenvalue weighted by atomic mass is 16.5. The molecule has 0 spiro atoms. The molecule has 0 radical (unpaired) electrons. The van der Waals surface area contributed by atoms with Gasteiger partial charge >= 0.3 is 0 Å². The first kappa shape index (κ1) is 68.6. The zero-order valence-electron chi connectivity index (χ0n) is 55.8. The summed E-state index contributed by atoms with van der Waals surface area (Å²) in [6.07, 6.45) is 11.9. The summed E-state index contributed by atoms with van der Waals surface area (Å²) < 4.78 is 52.0. The third-order valence-corrected chi connectivity index (χ3v) is 17.3. The van der Waals surface area contributed by atoms with Gasteiger partial charge in [-0.2, -0.15) is 20.9 Å². The number of nitrogens with zero attached hydrogens (tertiary/aromatic N) is 13. The Hall–Kier alpha value is -11.3. The first-order valence-corrected chi connectivity index (χ1v) is 33.2. The second-order valence-electron chi connectivity index (χ2n) is 23.9. The monoisotopic (exact) mass is 1350 g/mol. The zero-order chi connectivity index (χ0) is 69.0. The Kier molecular flexibility index (Phi) is 23.2. The molecule has 4 aromatic heterocycles. The van der Waals surface area contributed by atoms with E-state index in [2.05, 4.69) is 74.1 Å². The average Bonchev–Trinajstić information content (AvgIpc) is 0.853. The molecule has 0 unspecified atom stereocenters. The van der Waals surface area contributed by atoms with Crippen molar-refractivity contribution in [3.05, 3.63) is 168 Å². The van der Waals surface area contributed by atoms with Crippen molar-refractivity contribution in [2.45, 2.75) is 62.9 Å². The number of rotatable bonds is 19. The van der Waals surface area contributed by atoms with Crippen molar-refractivity contribution in [3.8, 4) is 81.1 Å². The normalized spacial score (nSPS) is 15.9. The molecule has 1 amide bonds. The summed E-state index contributed by atoms with van der Waals surface area (Å²) >= 11 is 0. The summed E-state index contributed by atoms with van der Waals surface area (Å²) in [4.78, 5) is 44.5. The Morgan fingerprint density at radius 1 is 0.480 bits per heavy atom. The lowest BCUT2D eigenvalue weighted by atomic mass is 10.1. The molecule has 26 nitrogen and oxygen atoms in total. The fourth-order valence-corrected chi connectivity index (χ4v) is 11.6. The van der Waals surface area contributed by atoms with Crippen LogP contribution in [0.1, 0.15) is 65.6 Å². The number of anilines is 6. The molecular weight excluding hydrogens is 1270 g/mol. The summed E-state index contributed by atoms with van der Waals surface area (Å²) in [5, 5.41) is 42.8. The number of aromatic nitrogens is 8. The van der Waals surface area contributed by atoms with E-state index in [1.807, 2.05) is 78.7 Å². The van der Waals surface area contributed by atoms with Crippen LogP contribution >= 0.6 is 0 Å². The number of nitriles is 3. The molecule has 5 fully saturated rings. The van der Waals surface area contributed by atoms with Crippen molar-refractivity contribution in [2.75, 3.05) is 109 Å². The van der Waals surface area contributed by atoms with Crippen molar-refractivity contribution in [1.82, 2.24) is 49.5 Å². The van der Waals surface area contributed by atoms with E-state index < -0.39 is 0 Å². The van der Waals surface area contributed by atoms with Crippen LogP contribution in [0, 0.1) is 34.0 Å². The van der Waals surface area contributed by atoms with Crippen LogP contribution in [-0.4, -0.2) is 173 Å². The van der Waals surface area contributed by atoms with Gasteiger partial charge in [0.15, 0.2) is 17.5 Å². The Labute approximate surface area is 579 Å². The van der Waals surface area contributed by atoms with E-state index in [-0.39, 0.29) is 24.2 Å². The van der Waals surface area contributed by atoms with Crippen LogP contribution < -0.4 is 39.6 Å². The molecule has 5 aliphatic rings. The lowest BCUT2D eigenvalue weighted by Crippen LogP contribution is -2.57. The minimum Gasteiger partial charge on any atom is -0.497 e. The molecule has 3 N–H and O–H groups in total. The number of benzene rings is 5. The summed E-state index contributed by atoms with van der Waals surface area (Å²) in [6, 6.07) is 43.7. The number of ether oxygens (including phenoxy) is 9. The lowest BCUT2D eigenvalue weighted by Gasteiger charge is -2.42. The van der Waals surface area contributed by atoms with Gasteiger partial charge in [-0.3, -0.25) is 14.4 Å². The van der Waals surface area contributed by atoms with Gasteiger partial charge in [-0.1, -0.05) is 0 Å². The molecule has 26 heteroatoms. The minimum absolute atomic E-state index is 0.0372. The molecule has 9 aromatic rings. The third-order valence-electron chi connectivity index (χ3n) is 17.3. The number of methoxy groups -OCH3 is 2. The maximum atomic E-state index is 13.3. The summed E-state index contributed by atoms with van der Waals surface area (Å²) in [6.45, 7) is 8.69. The number of hydrogen-bond donors (Lipinski definition) is 3. The number of carbonyl (C=O) groups is 1. The van der Waals surface area contributed by atoms with Gasteiger partial charge < -0.3 is 63.5 Å². The topological polar surface area (TPSA) is 309 Å². The van der Waals surface area contributed by atoms with Crippen LogP contribution in [0.2, 0.25) is 0 Å². The van der Waals surface area contributed by atoms with E-state index in [0.717, 1.165) is 98.9 Å². The Balaban J connectivity index is 0.000000146. The Morgan fingerprint density at radius 3 is 1.32 bits per heavy atom. The average molecular weight is 1350 g/mol. The lowest BCUT2D eigenvalue weighted by molar-refractivity contribution is -0.0746. The van der Waals surface area contributed by atoms with Gasteiger partial charge in [-0.25, -0.2) is 29.9 Å². The summed E-state index contributed by atoms with van der Waals surface area (Å²) in [7, 11) is 5.05. The van der Waals surface area contributed by atoms with Crippen LogP contribution in [-0.2, 0) is 26.0 Å². The molecule has 5 aliphatic heterocycles. The smallest absolute Gasteiger partial charge is 0.257 e. The SMILES string of the molecule is COc1cc(Nc2ccnc(-c3ccc(OC4CCOCC4)c(C#N)c3)n2)ccc1C(=O)N1CCN(C2COC2)CC1.COc1ccc(Nc2ccnc(-c3ccc(OC4CCOCC4)c(C#N)c3)n2)cc1.Cn1nccc1Nc1ccnc(-c2ccc(OC3CCOCC3)c(C#N)c2)n1. The number of carbonyl (C=O) groups excluding carboxylic acids is 1. The van der Waals surface area contributed by atoms with Crippen molar-refractivity contribution in [3.63, 3.8) is 0 Å². The van der Waals surface area contributed by atoms with Crippen molar-refractivity contribution in [1.29, 1.82) is 15.8 Å². The van der Waals surface area contributed by atoms with Gasteiger partial charge in [-0.05, 0) is 109 Å². The molecule has 0 atom stereocenters. The van der Waals surface area contributed by atoms with Gasteiger partial charge in [0.2, 0.25) is 0 Å². The third kappa shape index (κ3) is 17.9. The molecule has 0 bridgehead atoms. The predicted molar refractivity (Wildman–Crippen MR) is 371 cm³/mol. The van der Waals surface area contributed by atoms with Crippen LogP contribution in [0.3, 0.4) is 0 Å². The molecule has 0 aliphatic carbocycles. The van der Waals surface area contributed by atoms with E-state index in [1.165, 1.54) is 0 Å². The number of piperazine rings is 1. The van der Waals surface area contributed by atoms with Crippen molar-refractivity contribution < 1.29 is 47.4 Å². The number of hydrogen-bond acceptors (Lipinski definition) is 24. The maximum absolute atomic E-state index is 13.3. The summed E-state index contributed by atoms with van der Waals surface area (Å²) in [5.41, 5.74) is 5.72. The first-order valence-electron chi connectivity index (χ1n) is 33.2. The summed E-state index contributed by atoms with van der Waals surface area (Å²) in [5.74, 6) is 7.20. The van der Waals surface area contributed by atoms with Crippen LogP contribution in [0.15, 0.2) is 146 Å². The molecule has 512 valence electrons.